The quantitative estimate of drug-likeness (QED) is 0.206. The van der Waals surface area contributed by atoms with Gasteiger partial charge in [-0.25, -0.2) is 0 Å². The fourth-order valence-electron chi connectivity index (χ4n) is 5.52. The van der Waals surface area contributed by atoms with Gasteiger partial charge in [0, 0.05) is 16.0 Å². The smallest absolute Gasteiger partial charge is 0.118 e. The molecule has 6 rings (SSSR count). The SMILES string of the molecule is COc1ccc(C2=C(c3ccc(Cl)cc3)C(c3ccccc3)=C(c3ccccc3)C2c2ccc(Cl)cc2)cc1. The highest BCUT2D eigenvalue weighted by molar-refractivity contribution is 6.32. The van der Waals surface area contributed by atoms with Gasteiger partial charge in [-0.05, 0) is 86.5 Å². The van der Waals surface area contributed by atoms with Crippen LogP contribution in [0, 0.1) is 0 Å². The number of ether oxygens (including phenoxy) is 1. The minimum atomic E-state index is -0.0288. The molecule has 3 heteroatoms. The average molecular weight is 546 g/mol. The van der Waals surface area contributed by atoms with Crippen molar-refractivity contribution in [3.8, 4) is 5.75 Å². The van der Waals surface area contributed by atoms with Crippen LogP contribution in [0.2, 0.25) is 10.0 Å². The molecule has 0 saturated carbocycles. The second-order valence-corrected chi connectivity index (χ2v) is 10.4. The monoisotopic (exact) mass is 544 g/mol. The molecule has 5 aromatic carbocycles. The molecule has 1 aliphatic carbocycles. The predicted octanol–water partition coefficient (Wildman–Crippen LogP) is 10.3. The van der Waals surface area contributed by atoms with Crippen LogP contribution < -0.4 is 4.74 Å². The predicted molar refractivity (Wildman–Crippen MR) is 165 cm³/mol. The molecule has 1 nitrogen and oxygen atoms in total. The van der Waals surface area contributed by atoms with Crippen molar-refractivity contribution in [2.45, 2.75) is 5.92 Å². The molecule has 1 aliphatic rings. The Labute approximate surface area is 239 Å². The van der Waals surface area contributed by atoms with Crippen molar-refractivity contribution in [1.82, 2.24) is 0 Å². The maximum Gasteiger partial charge on any atom is 0.118 e. The Balaban J connectivity index is 1.75. The number of rotatable bonds is 6. The summed E-state index contributed by atoms with van der Waals surface area (Å²) in [4.78, 5) is 0. The van der Waals surface area contributed by atoms with E-state index in [9.17, 15) is 0 Å². The number of halogens is 2. The standard InChI is InChI=1S/C36H26Cl2O/c1-39-31-22-16-28(17-23-31)36-34(26-12-18-29(37)19-13-26)32(24-8-4-2-5-9-24)33(25-10-6-3-7-11-25)35(36)27-14-20-30(38)21-15-27/h2-23,34H,1H3. The minimum absolute atomic E-state index is 0.0288. The zero-order valence-electron chi connectivity index (χ0n) is 21.4. The molecule has 1 atom stereocenters. The first-order chi connectivity index (χ1) is 19.1. The highest BCUT2D eigenvalue weighted by Crippen LogP contribution is 2.58. The van der Waals surface area contributed by atoms with Gasteiger partial charge in [-0.3, -0.25) is 0 Å². The molecule has 0 radical (unpaired) electrons. The summed E-state index contributed by atoms with van der Waals surface area (Å²) < 4.78 is 5.51. The van der Waals surface area contributed by atoms with Gasteiger partial charge in [0.25, 0.3) is 0 Å². The van der Waals surface area contributed by atoms with Crippen molar-refractivity contribution >= 4 is 45.5 Å². The molecule has 5 aromatic rings. The van der Waals surface area contributed by atoms with Crippen LogP contribution in [0.3, 0.4) is 0 Å². The molecule has 0 N–H and O–H groups in total. The van der Waals surface area contributed by atoms with E-state index in [0.717, 1.165) is 21.9 Å². The zero-order chi connectivity index (χ0) is 26.8. The molecule has 0 saturated heterocycles. The van der Waals surface area contributed by atoms with Crippen LogP contribution in [-0.2, 0) is 0 Å². The Morgan fingerprint density at radius 3 is 1.38 bits per heavy atom. The Hall–Kier alpha value is -4.04. The summed E-state index contributed by atoms with van der Waals surface area (Å²) >= 11 is 12.7. The molecule has 0 spiro atoms. The molecule has 0 fully saturated rings. The van der Waals surface area contributed by atoms with E-state index in [1.54, 1.807) is 7.11 Å². The maximum absolute atomic E-state index is 6.37. The van der Waals surface area contributed by atoms with Crippen molar-refractivity contribution in [3.05, 3.63) is 171 Å². The van der Waals surface area contributed by atoms with E-state index in [2.05, 4.69) is 97.1 Å². The molecule has 1 unspecified atom stereocenters. The van der Waals surface area contributed by atoms with Gasteiger partial charge in [-0.1, -0.05) is 120 Å². The van der Waals surface area contributed by atoms with Crippen LogP contribution in [0.5, 0.6) is 5.75 Å². The van der Waals surface area contributed by atoms with Gasteiger partial charge in [0.05, 0.1) is 7.11 Å². The van der Waals surface area contributed by atoms with E-state index >= 15 is 0 Å². The molecule has 0 aromatic heterocycles. The first-order valence-electron chi connectivity index (χ1n) is 12.9. The molecular formula is C36H26Cl2O. The molecule has 39 heavy (non-hydrogen) atoms. The summed E-state index contributed by atoms with van der Waals surface area (Å²) in [5.74, 6) is 0.798. The average Bonchev–Trinajstić information content (AvgIpc) is 3.35. The fourth-order valence-corrected chi connectivity index (χ4v) is 5.77. The van der Waals surface area contributed by atoms with Crippen molar-refractivity contribution in [1.29, 1.82) is 0 Å². The summed E-state index contributed by atoms with van der Waals surface area (Å²) in [6.45, 7) is 0. The third-order valence-corrected chi connectivity index (χ3v) is 7.75. The molecule has 0 amide bonds. The van der Waals surface area contributed by atoms with E-state index < -0.39 is 0 Å². The van der Waals surface area contributed by atoms with E-state index in [1.807, 2.05) is 36.4 Å². The third-order valence-electron chi connectivity index (χ3n) is 7.25. The highest BCUT2D eigenvalue weighted by Gasteiger charge is 2.37. The topological polar surface area (TPSA) is 9.23 Å². The summed E-state index contributed by atoms with van der Waals surface area (Å²) in [5, 5.41) is 1.43. The Bertz CT molecular complexity index is 1650. The minimum Gasteiger partial charge on any atom is -0.497 e. The van der Waals surface area contributed by atoms with Gasteiger partial charge in [0.1, 0.15) is 5.75 Å². The summed E-state index contributed by atoms with van der Waals surface area (Å²) in [6, 6.07) is 46.2. The molecule has 0 aliphatic heterocycles. The van der Waals surface area contributed by atoms with Crippen molar-refractivity contribution < 1.29 is 4.74 Å². The Morgan fingerprint density at radius 2 is 0.872 bits per heavy atom. The number of methoxy groups -OCH3 is 1. The molecule has 190 valence electrons. The normalized spacial score (nSPS) is 15.1. The summed E-state index contributed by atoms with van der Waals surface area (Å²) in [7, 11) is 1.70. The van der Waals surface area contributed by atoms with Crippen LogP contribution >= 0.6 is 23.2 Å². The van der Waals surface area contributed by atoms with Gasteiger partial charge >= 0.3 is 0 Å². The van der Waals surface area contributed by atoms with E-state index in [0.29, 0.717) is 5.02 Å². The second-order valence-electron chi connectivity index (χ2n) is 9.53. The van der Waals surface area contributed by atoms with Gasteiger partial charge in [0.15, 0.2) is 0 Å². The van der Waals surface area contributed by atoms with Crippen LogP contribution in [0.4, 0.5) is 0 Å². The lowest BCUT2D eigenvalue weighted by Crippen LogP contribution is -2.03. The van der Waals surface area contributed by atoms with Crippen molar-refractivity contribution in [3.63, 3.8) is 0 Å². The fraction of sp³-hybridized carbons (Fsp3) is 0.0556. The van der Waals surface area contributed by atoms with Gasteiger partial charge in [-0.15, -0.1) is 0 Å². The number of hydrogen-bond donors (Lipinski definition) is 0. The summed E-state index contributed by atoms with van der Waals surface area (Å²) in [6.07, 6.45) is 0. The van der Waals surface area contributed by atoms with Gasteiger partial charge in [0.2, 0.25) is 0 Å². The third kappa shape index (κ3) is 4.92. The van der Waals surface area contributed by atoms with Crippen molar-refractivity contribution in [2.75, 3.05) is 7.11 Å². The largest absolute Gasteiger partial charge is 0.497 e. The first kappa shape index (κ1) is 25.2. The van der Waals surface area contributed by atoms with Crippen LogP contribution in [0.25, 0.3) is 22.3 Å². The summed E-state index contributed by atoms with van der Waals surface area (Å²) in [5.41, 5.74) is 10.7. The van der Waals surface area contributed by atoms with Gasteiger partial charge < -0.3 is 4.74 Å². The zero-order valence-corrected chi connectivity index (χ0v) is 23.0. The second kappa shape index (κ2) is 11.0. The lowest BCUT2D eigenvalue weighted by atomic mass is 9.81. The van der Waals surface area contributed by atoms with E-state index in [-0.39, 0.29) is 5.92 Å². The number of benzene rings is 5. The highest BCUT2D eigenvalue weighted by atomic mass is 35.5. The van der Waals surface area contributed by atoms with Gasteiger partial charge in [-0.2, -0.15) is 0 Å². The lowest BCUT2D eigenvalue weighted by molar-refractivity contribution is 0.415. The van der Waals surface area contributed by atoms with Crippen LogP contribution in [0.1, 0.15) is 33.7 Å². The van der Waals surface area contributed by atoms with E-state index in [4.69, 9.17) is 27.9 Å². The van der Waals surface area contributed by atoms with E-state index in [1.165, 1.54) is 39.0 Å². The van der Waals surface area contributed by atoms with Crippen LogP contribution in [-0.4, -0.2) is 7.11 Å². The van der Waals surface area contributed by atoms with Crippen LogP contribution in [0.15, 0.2) is 133 Å². The molecular weight excluding hydrogens is 519 g/mol. The molecule has 0 heterocycles. The maximum atomic E-state index is 6.37. The molecule has 0 bridgehead atoms. The number of allylic oxidation sites excluding steroid dienone is 4. The first-order valence-corrected chi connectivity index (χ1v) is 13.6. The lowest BCUT2D eigenvalue weighted by Gasteiger charge is -2.22. The number of hydrogen-bond acceptors (Lipinski definition) is 1. The Morgan fingerprint density at radius 1 is 0.462 bits per heavy atom. The Kier molecular flexibility index (Phi) is 7.11. The van der Waals surface area contributed by atoms with Crippen molar-refractivity contribution in [2.24, 2.45) is 0 Å².